The number of aromatic nitrogens is 1. The molecule has 1 aromatic carbocycles. The predicted molar refractivity (Wildman–Crippen MR) is 91.1 cm³/mol. The molecule has 4 nitrogen and oxygen atoms in total. The number of rotatable bonds is 4. The van der Waals surface area contributed by atoms with E-state index in [0.29, 0.717) is 12.1 Å². The lowest BCUT2D eigenvalue weighted by atomic mass is 10.1. The summed E-state index contributed by atoms with van der Waals surface area (Å²) in [5.74, 6) is 0.758. The fourth-order valence-corrected chi connectivity index (χ4v) is 2.14. The maximum absolute atomic E-state index is 12.1. The maximum Gasteiger partial charge on any atom is 0.228 e. The van der Waals surface area contributed by atoms with Crippen molar-refractivity contribution in [3.05, 3.63) is 53.7 Å². The van der Waals surface area contributed by atoms with Crippen LogP contribution in [0.3, 0.4) is 0 Å². The van der Waals surface area contributed by atoms with E-state index >= 15 is 0 Å². The first-order valence-corrected chi connectivity index (χ1v) is 7.41. The van der Waals surface area contributed by atoms with E-state index in [1.807, 2.05) is 43.3 Å². The minimum absolute atomic E-state index is 0.0380. The van der Waals surface area contributed by atoms with Crippen molar-refractivity contribution in [1.29, 1.82) is 0 Å². The van der Waals surface area contributed by atoms with E-state index in [0.717, 1.165) is 16.9 Å². The van der Waals surface area contributed by atoms with Gasteiger partial charge in [-0.15, -0.1) is 0 Å². The molecule has 2 aromatic rings. The van der Waals surface area contributed by atoms with Crippen molar-refractivity contribution in [3.8, 4) is 0 Å². The molecule has 1 heterocycles. The molecule has 0 aliphatic heterocycles. The van der Waals surface area contributed by atoms with Crippen molar-refractivity contribution in [1.82, 2.24) is 4.98 Å². The highest BCUT2D eigenvalue weighted by Crippen LogP contribution is 2.15. The maximum atomic E-state index is 12.1. The largest absolute Gasteiger partial charge is 0.365 e. The second-order valence-electron chi connectivity index (χ2n) is 6.52. The summed E-state index contributed by atoms with van der Waals surface area (Å²) in [4.78, 5) is 16.4. The molecule has 0 saturated carbocycles. The number of carbonyl (C=O) groups excluding carboxylic acids is 1. The molecule has 2 rings (SSSR count). The van der Waals surface area contributed by atoms with E-state index in [1.54, 1.807) is 6.20 Å². The Morgan fingerprint density at radius 3 is 2.55 bits per heavy atom. The predicted octanol–water partition coefficient (Wildman–Crippen LogP) is 3.78. The zero-order valence-corrected chi connectivity index (χ0v) is 13.6. The van der Waals surface area contributed by atoms with Gasteiger partial charge in [-0.1, -0.05) is 29.8 Å². The Labute approximate surface area is 132 Å². The van der Waals surface area contributed by atoms with Crippen LogP contribution in [-0.4, -0.2) is 16.4 Å². The standard InChI is InChI=1S/C18H23N3O/c1-13-6-5-7-14(10-13)11-17(22)20-15-8-9-16(19-12-15)21-18(2,3)4/h5-10,12H,11H2,1-4H3,(H,19,21)(H,20,22). The van der Waals surface area contributed by atoms with Crippen molar-refractivity contribution in [2.45, 2.75) is 39.7 Å². The summed E-state index contributed by atoms with van der Waals surface area (Å²) in [5, 5.41) is 6.15. The summed E-state index contributed by atoms with van der Waals surface area (Å²) in [5.41, 5.74) is 2.83. The Kier molecular flexibility index (Phi) is 4.81. The second-order valence-corrected chi connectivity index (χ2v) is 6.52. The van der Waals surface area contributed by atoms with E-state index in [2.05, 4.69) is 36.4 Å². The molecule has 4 heteroatoms. The van der Waals surface area contributed by atoms with Gasteiger partial charge in [-0.25, -0.2) is 4.98 Å². The first-order chi connectivity index (χ1) is 10.3. The Morgan fingerprint density at radius 2 is 1.95 bits per heavy atom. The molecule has 0 unspecified atom stereocenters. The van der Waals surface area contributed by atoms with Gasteiger partial charge in [-0.05, 0) is 45.4 Å². The highest BCUT2D eigenvalue weighted by Gasteiger charge is 2.10. The van der Waals surface area contributed by atoms with Gasteiger partial charge in [0.1, 0.15) is 5.82 Å². The lowest BCUT2D eigenvalue weighted by molar-refractivity contribution is -0.115. The Morgan fingerprint density at radius 1 is 1.18 bits per heavy atom. The summed E-state index contributed by atoms with van der Waals surface area (Å²) in [6, 6.07) is 11.7. The van der Waals surface area contributed by atoms with Crippen molar-refractivity contribution >= 4 is 17.4 Å². The molecular formula is C18H23N3O. The van der Waals surface area contributed by atoms with E-state index in [9.17, 15) is 4.79 Å². The highest BCUT2D eigenvalue weighted by molar-refractivity contribution is 5.92. The molecule has 0 aliphatic rings. The Hall–Kier alpha value is -2.36. The van der Waals surface area contributed by atoms with Crippen LogP contribution in [0, 0.1) is 6.92 Å². The second kappa shape index (κ2) is 6.60. The molecule has 0 bridgehead atoms. The molecule has 2 N–H and O–H groups in total. The Bertz CT molecular complexity index is 642. The molecule has 22 heavy (non-hydrogen) atoms. The summed E-state index contributed by atoms with van der Waals surface area (Å²) in [6.45, 7) is 8.25. The van der Waals surface area contributed by atoms with E-state index in [1.165, 1.54) is 0 Å². The van der Waals surface area contributed by atoms with Gasteiger partial charge in [-0.2, -0.15) is 0 Å². The monoisotopic (exact) mass is 297 g/mol. The lowest BCUT2D eigenvalue weighted by Crippen LogP contribution is -2.26. The van der Waals surface area contributed by atoms with Crippen LogP contribution in [0.2, 0.25) is 0 Å². The molecule has 0 fully saturated rings. The van der Waals surface area contributed by atoms with Crippen LogP contribution in [0.4, 0.5) is 11.5 Å². The molecule has 0 atom stereocenters. The summed E-state index contributed by atoms with van der Waals surface area (Å²) in [6.07, 6.45) is 2.03. The molecule has 1 amide bonds. The minimum Gasteiger partial charge on any atom is -0.365 e. The van der Waals surface area contributed by atoms with Crippen LogP contribution in [0.5, 0.6) is 0 Å². The topological polar surface area (TPSA) is 54.0 Å². The molecule has 0 saturated heterocycles. The zero-order valence-electron chi connectivity index (χ0n) is 13.6. The van der Waals surface area contributed by atoms with Crippen LogP contribution in [0.15, 0.2) is 42.6 Å². The average molecular weight is 297 g/mol. The smallest absolute Gasteiger partial charge is 0.228 e. The number of amides is 1. The summed E-state index contributed by atoms with van der Waals surface area (Å²) >= 11 is 0. The molecule has 116 valence electrons. The van der Waals surface area contributed by atoms with Crippen molar-refractivity contribution < 1.29 is 4.79 Å². The number of nitrogens with one attached hydrogen (secondary N) is 2. The number of hydrogen-bond donors (Lipinski definition) is 2. The van der Waals surface area contributed by atoms with Gasteiger partial charge in [0.25, 0.3) is 0 Å². The fourth-order valence-electron chi connectivity index (χ4n) is 2.14. The summed E-state index contributed by atoms with van der Waals surface area (Å²) in [7, 11) is 0. The first-order valence-electron chi connectivity index (χ1n) is 7.41. The SMILES string of the molecule is Cc1cccc(CC(=O)Nc2ccc(NC(C)(C)C)nc2)c1. The number of hydrogen-bond acceptors (Lipinski definition) is 3. The number of nitrogens with zero attached hydrogens (tertiary/aromatic N) is 1. The van der Waals surface area contributed by atoms with Crippen LogP contribution in [-0.2, 0) is 11.2 Å². The van der Waals surface area contributed by atoms with E-state index < -0.39 is 0 Å². The number of aryl methyl sites for hydroxylation is 1. The fraction of sp³-hybridized carbons (Fsp3) is 0.333. The number of anilines is 2. The normalized spacial score (nSPS) is 11.1. The quantitative estimate of drug-likeness (QED) is 0.903. The average Bonchev–Trinajstić information content (AvgIpc) is 2.39. The zero-order chi connectivity index (χ0) is 16.2. The van der Waals surface area contributed by atoms with Gasteiger partial charge < -0.3 is 10.6 Å². The minimum atomic E-state index is -0.0388. The molecule has 0 radical (unpaired) electrons. The van der Waals surface area contributed by atoms with Gasteiger partial charge >= 0.3 is 0 Å². The van der Waals surface area contributed by atoms with Crippen LogP contribution >= 0.6 is 0 Å². The Balaban J connectivity index is 1.94. The third-order valence-corrected chi connectivity index (χ3v) is 3.00. The van der Waals surface area contributed by atoms with Crippen molar-refractivity contribution in [2.24, 2.45) is 0 Å². The number of carbonyl (C=O) groups is 1. The first kappa shape index (κ1) is 16.0. The lowest BCUT2D eigenvalue weighted by Gasteiger charge is -2.21. The van der Waals surface area contributed by atoms with Crippen molar-refractivity contribution in [3.63, 3.8) is 0 Å². The number of pyridine rings is 1. The van der Waals surface area contributed by atoms with Crippen LogP contribution < -0.4 is 10.6 Å². The number of benzene rings is 1. The van der Waals surface area contributed by atoms with Crippen LogP contribution in [0.25, 0.3) is 0 Å². The van der Waals surface area contributed by atoms with Crippen LogP contribution in [0.1, 0.15) is 31.9 Å². The molecule has 0 aliphatic carbocycles. The van der Waals surface area contributed by atoms with Gasteiger partial charge in [0.05, 0.1) is 18.3 Å². The third kappa shape index (κ3) is 5.20. The summed E-state index contributed by atoms with van der Waals surface area (Å²) < 4.78 is 0. The van der Waals surface area contributed by atoms with Gasteiger partial charge in [-0.3, -0.25) is 4.79 Å². The van der Waals surface area contributed by atoms with E-state index in [4.69, 9.17) is 0 Å². The van der Waals surface area contributed by atoms with Gasteiger partial charge in [0.2, 0.25) is 5.91 Å². The highest BCUT2D eigenvalue weighted by atomic mass is 16.1. The van der Waals surface area contributed by atoms with E-state index in [-0.39, 0.29) is 11.4 Å². The van der Waals surface area contributed by atoms with Crippen molar-refractivity contribution in [2.75, 3.05) is 10.6 Å². The molecule has 0 spiro atoms. The van der Waals surface area contributed by atoms with Gasteiger partial charge in [0.15, 0.2) is 0 Å². The molecular weight excluding hydrogens is 274 g/mol. The third-order valence-electron chi connectivity index (χ3n) is 3.00. The molecule has 1 aromatic heterocycles. The van der Waals surface area contributed by atoms with Gasteiger partial charge in [0, 0.05) is 5.54 Å².